The number of piperidine rings is 1. The monoisotopic (exact) mass is 261 g/mol. The fraction of sp³-hybridized carbons (Fsp3) is 0.562. The highest BCUT2D eigenvalue weighted by Gasteiger charge is 2.29. The number of carbonyl (C=O) groups is 1. The van der Waals surface area contributed by atoms with Gasteiger partial charge in [0.1, 0.15) is 0 Å². The fourth-order valence-electron chi connectivity index (χ4n) is 2.65. The fourth-order valence-corrected chi connectivity index (χ4v) is 2.65. The molecule has 2 atom stereocenters. The van der Waals surface area contributed by atoms with Gasteiger partial charge in [-0.1, -0.05) is 6.07 Å². The molecule has 0 spiro atoms. The van der Waals surface area contributed by atoms with E-state index in [1.165, 1.54) is 5.56 Å². The first-order valence-corrected chi connectivity index (χ1v) is 7.02. The summed E-state index contributed by atoms with van der Waals surface area (Å²) in [7, 11) is 0. The van der Waals surface area contributed by atoms with Crippen molar-refractivity contribution in [2.75, 3.05) is 13.2 Å². The van der Waals surface area contributed by atoms with E-state index in [1.807, 2.05) is 30.0 Å². The number of rotatable bonds is 2. The van der Waals surface area contributed by atoms with E-state index in [1.54, 1.807) is 0 Å². The summed E-state index contributed by atoms with van der Waals surface area (Å²) in [4.78, 5) is 14.5. The third kappa shape index (κ3) is 2.98. The molecule has 0 bridgehead atoms. The number of aliphatic hydroxyl groups excluding tert-OH is 1. The second-order valence-electron chi connectivity index (χ2n) is 5.73. The number of hydrogen-bond donors (Lipinski definition) is 1. The first-order chi connectivity index (χ1) is 9.02. The van der Waals surface area contributed by atoms with Gasteiger partial charge >= 0.3 is 0 Å². The van der Waals surface area contributed by atoms with Crippen molar-refractivity contribution in [3.63, 3.8) is 0 Å². The molecule has 1 aromatic rings. The number of likely N-dealkylation sites (tertiary alicyclic amines) is 1. The van der Waals surface area contributed by atoms with Crippen LogP contribution in [0.1, 0.15) is 41.3 Å². The minimum absolute atomic E-state index is 0.0914. The Labute approximate surface area is 115 Å². The maximum Gasteiger partial charge on any atom is 0.254 e. The highest BCUT2D eigenvalue weighted by molar-refractivity contribution is 5.94. The Balaban J connectivity index is 2.19. The molecule has 0 aromatic heterocycles. The van der Waals surface area contributed by atoms with Crippen LogP contribution in [0.4, 0.5) is 0 Å². The van der Waals surface area contributed by atoms with Gasteiger partial charge in [-0.2, -0.15) is 0 Å². The zero-order valence-corrected chi connectivity index (χ0v) is 12.0. The Kier molecular flexibility index (Phi) is 4.25. The Morgan fingerprint density at radius 3 is 2.68 bits per heavy atom. The van der Waals surface area contributed by atoms with Crippen molar-refractivity contribution in [2.24, 2.45) is 5.92 Å². The van der Waals surface area contributed by atoms with Gasteiger partial charge in [0.15, 0.2) is 0 Å². The van der Waals surface area contributed by atoms with Gasteiger partial charge in [0, 0.05) is 24.8 Å². The number of aryl methyl sites for hydroxylation is 2. The van der Waals surface area contributed by atoms with Crippen molar-refractivity contribution in [3.05, 3.63) is 34.9 Å². The minimum atomic E-state index is 0.0914. The van der Waals surface area contributed by atoms with Gasteiger partial charge in [0.25, 0.3) is 5.91 Å². The number of aliphatic hydroxyl groups is 1. The molecule has 1 heterocycles. The van der Waals surface area contributed by atoms with Crippen molar-refractivity contribution in [3.8, 4) is 0 Å². The second kappa shape index (κ2) is 5.74. The molecule has 2 unspecified atom stereocenters. The molecule has 1 aliphatic heterocycles. The lowest BCUT2D eigenvalue weighted by molar-refractivity contribution is 0.0489. The molecular weight excluding hydrogens is 238 g/mol. The van der Waals surface area contributed by atoms with Crippen LogP contribution in [0.25, 0.3) is 0 Å². The molecule has 104 valence electrons. The first-order valence-electron chi connectivity index (χ1n) is 7.02. The van der Waals surface area contributed by atoms with Crippen LogP contribution in [0.5, 0.6) is 0 Å². The van der Waals surface area contributed by atoms with Gasteiger partial charge in [0.2, 0.25) is 0 Å². The molecule has 3 nitrogen and oxygen atoms in total. The molecule has 2 rings (SSSR count). The summed E-state index contributed by atoms with van der Waals surface area (Å²) in [5, 5.41) is 9.29. The average Bonchev–Trinajstić information content (AvgIpc) is 2.41. The van der Waals surface area contributed by atoms with Gasteiger partial charge in [-0.25, -0.2) is 0 Å². The van der Waals surface area contributed by atoms with E-state index in [9.17, 15) is 9.90 Å². The molecule has 0 saturated carbocycles. The summed E-state index contributed by atoms with van der Waals surface area (Å²) in [6.45, 7) is 7.01. The Bertz CT molecular complexity index is 470. The molecule has 3 heteroatoms. The van der Waals surface area contributed by atoms with E-state index in [0.29, 0.717) is 6.54 Å². The lowest BCUT2D eigenvalue weighted by Crippen LogP contribution is -2.46. The summed E-state index contributed by atoms with van der Waals surface area (Å²) in [5.41, 5.74) is 3.11. The van der Waals surface area contributed by atoms with Gasteiger partial charge in [0.05, 0.1) is 0 Å². The second-order valence-corrected chi connectivity index (χ2v) is 5.73. The molecule has 1 saturated heterocycles. The number of benzene rings is 1. The lowest BCUT2D eigenvalue weighted by Gasteiger charge is -2.37. The van der Waals surface area contributed by atoms with Crippen molar-refractivity contribution in [2.45, 2.75) is 39.7 Å². The number of carbonyl (C=O) groups excluding carboxylic acids is 1. The van der Waals surface area contributed by atoms with Gasteiger partial charge in [-0.3, -0.25) is 4.79 Å². The van der Waals surface area contributed by atoms with Gasteiger partial charge in [-0.05, 0) is 62.8 Å². The average molecular weight is 261 g/mol. The number of nitrogens with zero attached hydrogens (tertiary/aromatic N) is 1. The lowest BCUT2D eigenvalue weighted by atomic mass is 9.93. The highest BCUT2D eigenvalue weighted by atomic mass is 16.3. The van der Waals surface area contributed by atoms with E-state index in [0.717, 1.165) is 24.0 Å². The Morgan fingerprint density at radius 2 is 2.05 bits per heavy atom. The summed E-state index contributed by atoms with van der Waals surface area (Å²) in [6, 6.07) is 6.13. The van der Waals surface area contributed by atoms with Crippen LogP contribution in [-0.2, 0) is 0 Å². The summed E-state index contributed by atoms with van der Waals surface area (Å²) < 4.78 is 0. The SMILES string of the molecule is Cc1ccc(C(=O)N2CC(CO)CCC2C)cc1C. The highest BCUT2D eigenvalue weighted by Crippen LogP contribution is 2.24. The largest absolute Gasteiger partial charge is 0.396 e. The number of amides is 1. The minimum Gasteiger partial charge on any atom is -0.396 e. The zero-order chi connectivity index (χ0) is 14.0. The van der Waals surface area contributed by atoms with E-state index < -0.39 is 0 Å². The van der Waals surface area contributed by atoms with Crippen LogP contribution in [0.3, 0.4) is 0 Å². The predicted molar refractivity (Wildman–Crippen MR) is 76.2 cm³/mol. The maximum atomic E-state index is 12.6. The Morgan fingerprint density at radius 1 is 1.32 bits per heavy atom. The van der Waals surface area contributed by atoms with Crippen molar-refractivity contribution in [1.82, 2.24) is 4.90 Å². The van der Waals surface area contributed by atoms with Crippen molar-refractivity contribution in [1.29, 1.82) is 0 Å². The molecule has 0 radical (unpaired) electrons. The Hall–Kier alpha value is -1.35. The van der Waals surface area contributed by atoms with Crippen LogP contribution >= 0.6 is 0 Å². The molecule has 1 N–H and O–H groups in total. The van der Waals surface area contributed by atoms with E-state index in [-0.39, 0.29) is 24.5 Å². The summed E-state index contributed by atoms with van der Waals surface area (Å²) >= 11 is 0. The van der Waals surface area contributed by atoms with Crippen molar-refractivity contribution < 1.29 is 9.90 Å². The number of hydrogen-bond acceptors (Lipinski definition) is 2. The van der Waals surface area contributed by atoms with Crippen LogP contribution in [-0.4, -0.2) is 35.1 Å². The normalized spacial score (nSPS) is 23.5. The van der Waals surface area contributed by atoms with Gasteiger partial charge < -0.3 is 10.0 Å². The van der Waals surface area contributed by atoms with E-state index in [2.05, 4.69) is 13.8 Å². The molecule has 1 aliphatic rings. The molecule has 0 aliphatic carbocycles. The van der Waals surface area contributed by atoms with Crippen LogP contribution in [0.2, 0.25) is 0 Å². The topological polar surface area (TPSA) is 40.5 Å². The molecular formula is C16H23NO2. The van der Waals surface area contributed by atoms with Crippen molar-refractivity contribution >= 4 is 5.91 Å². The molecule has 1 aromatic carbocycles. The van der Waals surface area contributed by atoms with Crippen LogP contribution < -0.4 is 0 Å². The summed E-state index contributed by atoms with van der Waals surface area (Å²) in [5.74, 6) is 0.320. The first kappa shape index (κ1) is 14.1. The smallest absolute Gasteiger partial charge is 0.254 e. The molecule has 1 fully saturated rings. The standard InChI is InChI=1S/C16H23NO2/c1-11-4-7-15(8-12(11)2)16(19)17-9-14(10-18)6-5-13(17)3/h4,7-8,13-14,18H,5-6,9-10H2,1-3H3. The third-order valence-corrected chi connectivity index (χ3v) is 4.25. The van der Waals surface area contributed by atoms with Crippen LogP contribution in [0.15, 0.2) is 18.2 Å². The van der Waals surface area contributed by atoms with E-state index in [4.69, 9.17) is 0 Å². The van der Waals surface area contributed by atoms with E-state index >= 15 is 0 Å². The van der Waals surface area contributed by atoms with Gasteiger partial charge in [-0.15, -0.1) is 0 Å². The third-order valence-electron chi connectivity index (χ3n) is 4.25. The molecule has 1 amide bonds. The quantitative estimate of drug-likeness (QED) is 0.888. The predicted octanol–water partition coefficient (Wildman–Crippen LogP) is 2.54. The van der Waals surface area contributed by atoms with Crippen LogP contribution in [0, 0.1) is 19.8 Å². The molecule has 19 heavy (non-hydrogen) atoms. The maximum absolute atomic E-state index is 12.6. The zero-order valence-electron chi connectivity index (χ0n) is 12.0. The summed E-state index contributed by atoms with van der Waals surface area (Å²) in [6.07, 6.45) is 1.98.